The van der Waals surface area contributed by atoms with E-state index in [4.69, 9.17) is 0 Å². The molecule has 0 saturated heterocycles. The monoisotopic (exact) mass is 323 g/mol. The van der Waals surface area contributed by atoms with Crippen LogP contribution in [0.2, 0.25) is 0 Å². The second-order valence-electron chi connectivity index (χ2n) is 5.03. The van der Waals surface area contributed by atoms with Crippen molar-refractivity contribution >= 4 is 12.1 Å². The number of carbonyl (C=O) groups excluding carboxylic acids is 1. The Hall–Kier alpha value is -3.41. The van der Waals surface area contributed by atoms with E-state index in [0.717, 1.165) is 17.4 Å². The summed E-state index contributed by atoms with van der Waals surface area (Å²) in [7, 11) is 0. The van der Waals surface area contributed by atoms with E-state index in [2.05, 4.69) is 10.5 Å². The minimum Gasteiger partial charge on any atom is -0.508 e. The molecule has 0 spiro atoms. The summed E-state index contributed by atoms with van der Waals surface area (Å²) in [4.78, 5) is 11.9. The van der Waals surface area contributed by atoms with E-state index in [1.165, 1.54) is 24.4 Å². The standard InChI is InChI=1S/C18H14FN3O2/c19-14-4-1-3-13(11-14)18(24)21-20-12-16-5-2-10-22(16)15-6-8-17(23)9-7-15/h1-12,23H,(H,21,24)/b20-12-. The second-order valence-corrected chi connectivity index (χ2v) is 5.03. The Balaban J connectivity index is 1.73. The molecule has 1 heterocycles. The number of halogens is 1. The molecule has 2 N–H and O–H groups in total. The fourth-order valence-corrected chi connectivity index (χ4v) is 2.20. The van der Waals surface area contributed by atoms with Gasteiger partial charge in [0.1, 0.15) is 11.6 Å². The lowest BCUT2D eigenvalue weighted by molar-refractivity contribution is 0.0954. The zero-order valence-corrected chi connectivity index (χ0v) is 12.6. The Morgan fingerprint density at radius 2 is 1.92 bits per heavy atom. The number of nitrogens with one attached hydrogen (secondary N) is 1. The lowest BCUT2D eigenvalue weighted by Gasteiger charge is -2.06. The molecule has 0 radical (unpaired) electrons. The molecule has 0 aliphatic carbocycles. The quantitative estimate of drug-likeness (QED) is 0.572. The molecule has 24 heavy (non-hydrogen) atoms. The van der Waals surface area contributed by atoms with Crippen molar-refractivity contribution < 1.29 is 14.3 Å². The number of phenols is 1. The van der Waals surface area contributed by atoms with Crippen LogP contribution in [0.15, 0.2) is 72.0 Å². The third kappa shape index (κ3) is 3.49. The van der Waals surface area contributed by atoms with Gasteiger partial charge in [0.25, 0.3) is 5.91 Å². The smallest absolute Gasteiger partial charge is 0.271 e. The molecule has 0 fully saturated rings. The van der Waals surface area contributed by atoms with Gasteiger partial charge in [0.05, 0.1) is 11.9 Å². The highest BCUT2D eigenvalue weighted by Crippen LogP contribution is 2.15. The summed E-state index contributed by atoms with van der Waals surface area (Å²) in [6, 6.07) is 15.7. The predicted molar refractivity (Wildman–Crippen MR) is 88.9 cm³/mol. The fraction of sp³-hybridized carbons (Fsp3) is 0. The molecule has 0 saturated carbocycles. The molecule has 6 heteroatoms. The number of hydrogen-bond acceptors (Lipinski definition) is 3. The average Bonchev–Trinajstić information content (AvgIpc) is 3.04. The number of hydrazone groups is 1. The molecule has 3 aromatic rings. The minimum atomic E-state index is -0.492. The van der Waals surface area contributed by atoms with Crippen LogP contribution in [0.25, 0.3) is 5.69 Å². The van der Waals surface area contributed by atoms with Crippen molar-refractivity contribution in [1.82, 2.24) is 9.99 Å². The first-order valence-corrected chi connectivity index (χ1v) is 7.19. The Labute approximate surface area is 137 Å². The SMILES string of the molecule is O=C(N/N=C\c1cccn1-c1ccc(O)cc1)c1cccc(F)c1. The third-order valence-corrected chi connectivity index (χ3v) is 3.36. The van der Waals surface area contributed by atoms with Gasteiger partial charge in [0.2, 0.25) is 0 Å². The molecule has 5 nitrogen and oxygen atoms in total. The molecular weight excluding hydrogens is 309 g/mol. The van der Waals surface area contributed by atoms with Gasteiger partial charge in [-0.2, -0.15) is 5.10 Å². The fourth-order valence-electron chi connectivity index (χ4n) is 2.20. The highest BCUT2D eigenvalue weighted by Gasteiger charge is 2.05. The van der Waals surface area contributed by atoms with Crippen molar-refractivity contribution in [3.63, 3.8) is 0 Å². The van der Waals surface area contributed by atoms with Crippen LogP contribution in [-0.4, -0.2) is 21.8 Å². The first-order valence-electron chi connectivity index (χ1n) is 7.19. The molecule has 0 bridgehead atoms. The van der Waals surface area contributed by atoms with Crippen molar-refractivity contribution in [2.45, 2.75) is 0 Å². The number of hydrogen-bond donors (Lipinski definition) is 2. The summed E-state index contributed by atoms with van der Waals surface area (Å²) in [5, 5.41) is 13.3. The van der Waals surface area contributed by atoms with E-state index in [1.807, 2.05) is 22.9 Å². The number of amides is 1. The second kappa shape index (κ2) is 6.78. The number of rotatable bonds is 4. The zero-order chi connectivity index (χ0) is 16.9. The van der Waals surface area contributed by atoms with Crippen molar-refractivity contribution in [1.29, 1.82) is 0 Å². The molecular formula is C18H14FN3O2. The number of nitrogens with zero attached hydrogens (tertiary/aromatic N) is 2. The Morgan fingerprint density at radius 1 is 1.12 bits per heavy atom. The van der Waals surface area contributed by atoms with E-state index in [9.17, 15) is 14.3 Å². The van der Waals surface area contributed by atoms with Crippen LogP contribution in [0.3, 0.4) is 0 Å². The maximum absolute atomic E-state index is 13.1. The molecule has 3 rings (SSSR count). The van der Waals surface area contributed by atoms with Gasteiger partial charge in [0, 0.05) is 17.4 Å². The predicted octanol–water partition coefficient (Wildman–Crippen LogP) is 3.09. The summed E-state index contributed by atoms with van der Waals surface area (Å²) >= 11 is 0. The average molecular weight is 323 g/mol. The van der Waals surface area contributed by atoms with Gasteiger partial charge >= 0.3 is 0 Å². The Morgan fingerprint density at radius 3 is 2.67 bits per heavy atom. The first kappa shape index (κ1) is 15.5. The van der Waals surface area contributed by atoms with Crippen LogP contribution in [0.1, 0.15) is 16.1 Å². The number of aromatic hydroxyl groups is 1. The maximum atomic E-state index is 13.1. The van der Waals surface area contributed by atoms with Gasteiger partial charge in [-0.1, -0.05) is 6.07 Å². The van der Waals surface area contributed by atoms with Crippen LogP contribution in [0, 0.1) is 5.82 Å². The molecule has 2 aromatic carbocycles. The normalized spacial score (nSPS) is 10.9. The molecule has 0 atom stereocenters. The molecule has 0 unspecified atom stereocenters. The van der Waals surface area contributed by atoms with Crippen LogP contribution in [0.5, 0.6) is 5.75 Å². The summed E-state index contributed by atoms with van der Waals surface area (Å²) in [5.41, 5.74) is 4.14. The highest BCUT2D eigenvalue weighted by atomic mass is 19.1. The van der Waals surface area contributed by atoms with Crippen LogP contribution in [0.4, 0.5) is 4.39 Å². The van der Waals surface area contributed by atoms with Gasteiger partial charge in [-0.15, -0.1) is 0 Å². The maximum Gasteiger partial charge on any atom is 0.271 e. The minimum absolute atomic E-state index is 0.184. The van der Waals surface area contributed by atoms with Gasteiger partial charge in [-0.05, 0) is 54.6 Å². The van der Waals surface area contributed by atoms with E-state index >= 15 is 0 Å². The van der Waals surface area contributed by atoms with Crippen molar-refractivity contribution in [3.05, 3.63) is 83.9 Å². The largest absolute Gasteiger partial charge is 0.508 e. The van der Waals surface area contributed by atoms with E-state index in [1.54, 1.807) is 24.3 Å². The van der Waals surface area contributed by atoms with Gasteiger partial charge in [0.15, 0.2) is 0 Å². The molecule has 0 aliphatic rings. The molecule has 1 aromatic heterocycles. The van der Waals surface area contributed by atoms with Gasteiger partial charge < -0.3 is 9.67 Å². The van der Waals surface area contributed by atoms with E-state index in [-0.39, 0.29) is 11.3 Å². The number of benzene rings is 2. The summed E-state index contributed by atoms with van der Waals surface area (Å²) in [5.74, 6) is -0.787. The Kier molecular flexibility index (Phi) is 4.38. The number of aromatic nitrogens is 1. The van der Waals surface area contributed by atoms with Gasteiger partial charge in [-0.25, -0.2) is 9.82 Å². The summed E-state index contributed by atoms with van der Waals surface area (Å²) in [6.45, 7) is 0. The third-order valence-electron chi connectivity index (χ3n) is 3.36. The molecule has 0 aliphatic heterocycles. The molecule has 120 valence electrons. The van der Waals surface area contributed by atoms with Crippen LogP contribution < -0.4 is 5.43 Å². The van der Waals surface area contributed by atoms with Crippen molar-refractivity contribution in [2.75, 3.05) is 0 Å². The van der Waals surface area contributed by atoms with Crippen molar-refractivity contribution in [3.8, 4) is 11.4 Å². The Bertz CT molecular complexity index is 885. The number of phenolic OH excluding ortho intramolecular Hbond substituents is 1. The lowest BCUT2D eigenvalue weighted by Crippen LogP contribution is -2.18. The molecule has 1 amide bonds. The van der Waals surface area contributed by atoms with Gasteiger partial charge in [-0.3, -0.25) is 4.79 Å². The zero-order valence-electron chi connectivity index (χ0n) is 12.6. The van der Waals surface area contributed by atoms with Crippen LogP contribution >= 0.6 is 0 Å². The summed E-state index contributed by atoms with van der Waals surface area (Å²) < 4.78 is 14.9. The van der Waals surface area contributed by atoms with Crippen LogP contribution in [-0.2, 0) is 0 Å². The highest BCUT2D eigenvalue weighted by molar-refractivity contribution is 5.94. The lowest BCUT2D eigenvalue weighted by atomic mass is 10.2. The van der Waals surface area contributed by atoms with E-state index in [0.29, 0.717) is 0 Å². The summed E-state index contributed by atoms with van der Waals surface area (Å²) in [6.07, 6.45) is 3.33. The first-order chi connectivity index (χ1) is 11.6. The number of carbonyl (C=O) groups is 1. The van der Waals surface area contributed by atoms with E-state index < -0.39 is 11.7 Å². The van der Waals surface area contributed by atoms with Crippen molar-refractivity contribution in [2.24, 2.45) is 5.10 Å². The topological polar surface area (TPSA) is 66.6 Å².